The van der Waals surface area contributed by atoms with Gasteiger partial charge in [-0.3, -0.25) is 4.79 Å². The predicted molar refractivity (Wildman–Crippen MR) is 119 cm³/mol. The van der Waals surface area contributed by atoms with Gasteiger partial charge in [-0.15, -0.1) is 0 Å². The minimum absolute atomic E-state index is 0.0904. The van der Waals surface area contributed by atoms with E-state index in [9.17, 15) is 14.8 Å². The summed E-state index contributed by atoms with van der Waals surface area (Å²) in [4.78, 5) is 23.9. The Morgan fingerprint density at radius 2 is 1.75 bits per heavy atom. The second-order valence-corrected chi connectivity index (χ2v) is 7.56. The molecule has 32 heavy (non-hydrogen) atoms. The Morgan fingerprint density at radius 1 is 1.06 bits per heavy atom. The maximum Gasteiger partial charge on any atom is 0.338 e. The first-order chi connectivity index (χ1) is 15.4. The number of hydrogen-bond donors (Lipinski definition) is 0. The van der Waals surface area contributed by atoms with Gasteiger partial charge in [0.1, 0.15) is 22.4 Å². The number of aromatic nitrogens is 1. The van der Waals surface area contributed by atoms with E-state index in [0.29, 0.717) is 39.2 Å². The van der Waals surface area contributed by atoms with Crippen LogP contribution in [0.1, 0.15) is 37.9 Å². The van der Waals surface area contributed by atoms with Gasteiger partial charge in [0.25, 0.3) is 0 Å². The highest BCUT2D eigenvalue weighted by molar-refractivity contribution is 6.35. The van der Waals surface area contributed by atoms with Crippen LogP contribution in [0, 0.1) is 5.21 Å². The fourth-order valence-electron chi connectivity index (χ4n) is 3.13. The largest absolute Gasteiger partial charge is 0.619 e. The molecule has 0 radical (unpaired) electrons. The molecule has 0 fully saturated rings. The van der Waals surface area contributed by atoms with E-state index in [4.69, 9.17) is 37.4 Å². The zero-order valence-corrected chi connectivity index (χ0v) is 18.7. The number of rotatable bonds is 8. The molecule has 0 aliphatic rings. The standard InChI is InChI=1S/C23H19Cl2NO6/c1-30-20-7-6-15(9-22(20)31-2)21(10-17-18(24)11-26(29)12-19(17)25)32-23(28)16-5-3-4-14(8-16)13-27/h3-9,11-13,21H,10H2,1-2H3/t21-/m0/s1. The highest BCUT2D eigenvalue weighted by Gasteiger charge is 2.24. The molecule has 0 N–H and O–H groups in total. The number of esters is 1. The van der Waals surface area contributed by atoms with Crippen LogP contribution in [0.3, 0.4) is 0 Å². The second-order valence-electron chi connectivity index (χ2n) is 6.75. The van der Waals surface area contributed by atoms with E-state index in [0.717, 1.165) is 0 Å². The Labute approximate surface area is 194 Å². The van der Waals surface area contributed by atoms with Gasteiger partial charge in [0.15, 0.2) is 23.9 Å². The van der Waals surface area contributed by atoms with Gasteiger partial charge in [0, 0.05) is 17.5 Å². The molecule has 1 aromatic heterocycles. The minimum Gasteiger partial charge on any atom is -0.619 e. The van der Waals surface area contributed by atoms with Crippen LogP contribution in [0.15, 0.2) is 54.9 Å². The Bertz CT molecular complexity index is 1130. The highest BCUT2D eigenvalue weighted by Crippen LogP contribution is 2.35. The molecule has 0 amide bonds. The van der Waals surface area contributed by atoms with E-state index < -0.39 is 12.1 Å². The van der Waals surface area contributed by atoms with E-state index in [2.05, 4.69) is 0 Å². The number of pyridine rings is 1. The van der Waals surface area contributed by atoms with Gasteiger partial charge in [-0.2, -0.15) is 4.73 Å². The quantitative estimate of drug-likeness (QED) is 0.204. The lowest BCUT2D eigenvalue weighted by Crippen LogP contribution is -2.25. The molecule has 0 bridgehead atoms. The van der Waals surface area contributed by atoms with Gasteiger partial charge in [-0.1, -0.05) is 41.4 Å². The summed E-state index contributed by atoms with van der Waals surface area (Å²) in [5.41, 5.74) is 1.59. The van der Waals surface area contributed by atoms with E-state index in [-0.39, 0.29) is 22.0 Å². The maximum atomic E-state index is 12.9. The van der Waals surface area contributed by atoms with Crippen LogP contribution in [0.2, 0.25) is 10.0 Å². The molecular weight excluding hydrogens is 457 g/mol. The minimum atomic E-state index is -0.834. The van der Waals surface area contributed by atoms with E-state index in [1.807, 2.05) is 0 Å². The van der Waals surface area contributed by atoms with Crippen molar-refractivity contribution in [3.05, 3.63) is 92.4 Å². The summed E-state index contributed by atoms with van der Waals surface area (Å²) in [6, 6.07) is 11.2. The summed E-state index contributed by atoms with van der Waals surface area (Å²) in [5.74, 6) is 0.301. The van der Waals surface area contributed by atoms with Crippen molar-refractivity contribution < 1.29 is 28.5 Å². The molecule has 1 atom stereocenters. The number of aldehydes is 1. The molecule has 0 saturated carbocycles. The van der Waals surface area contributed by atoms with Crippen LogP contribution in [0.25, 0.3) is 0 Å². The van der Waals surface area contributed by atoms with E-state index in [1.165, 1.54) is 32.7 Å². The normalized spacial score (nSPS) is 11.5. The molecule has 7 nitrogen and oxygen atoms in total. The summed E-state index contributed by atoms with van der Waals surface area (Å²) in [5, 5.41) is 11.9. The molecule has 0 spiro atoms. The fraction of sp³-hybridized carbons (Fsp3) is 0.174. The molecule has 166 valence electrons. The molecule has 9 heteroatoms. The summed E-state index contributed by atoms with van der Waals surface area (Å²) in [6.45, 7) is 0. The fourth-order valence-corrected chi connectivity index (χ4v) is 3.73. The average Bonchev–Trinajstić information content (AvgIpc) is 2.79. The summed E-state index contributed by atoms with van der Waals surface area (Å²) in [6.07, 6.45) is 2.24. The smallest absolute Gasteiger partial charge is 0.338 e. The zero-order valence-electron chi connectivity index (χ0n) is 17.2. The van der Waals surface area contributed by atoms with Crippen molar-refractivity contribution in [2.24, 2.45) is 0 Å². The van der Waals surface area contributed by atoms with Crippen LogP contribution in [-0.2, 0) is 11.2 Å². The lowest BCUT2D eigenvalue weighted by Gasteiger charge is -2.21. The Morgan fingerprint density at radius 3 is 2.38 bits per heavy atom. The van der Waals surface area contributed by atoms with Crippen molar-refractivity contribution in [1.82, 2.24) is 0 Å². The van der Waals surface area contributed by atoms with E-state index in [1.54, 1.807) is 36.4 Å². The average molecular weight is 476 g/mol. The lowest BCUT2D eigenvalue weighted by atomic mass is 10.0. The van der Waals surface area contributed by atoms with Crippen molar-refractivity contribution in [1.29, 1.82) is 0 Å². The van der Waals surface area contributed by atoms with Crippen molar-refractivity contribution in [2.45, 2.75) is 12.5 Å². The van der Waals surface area contributed by atoms with Gasteiger partial charge < -0.3 is 19.4 Å². The SMILES string of the molecule is COc1ccc([C@H](Cc2c(Cl)c[n+]([O-])cc2Cl)OC(=O)c2cccc(C=O)c2)cc1OC. The predicted octanol–water partition coefficient (Wildman–Crippen LogP) is 4.60. The monoisotopic (exact) mass is 475 g/mol. The molecular formula is C23H19Cl2NO6. The third-order valence-corrected chi connectivity index (χ3v) is 5.39. The van der Waals surface area contributed by atoms with Gasteiger partial charge in [0.05, 0.1) is 19.8 Å². The number of halogens is 2. The Kier molecular flexibility index (Phi) is 7.56. The van der Waals surface area contributed by atoms with Crippen molar-refractivity contribution in [3.63, 3.8) is 0 Å². The molecule has 3 aromatic rings. The number of ether oxygens (including phenoxy) is 3. The van der Waals surface area contributed by atoms with Crippen LogP contribution >= 0.6 is 23.2 Å². The van der Waals surface area contributed by atoms with Crippen molar-refractivity contribution in [3.8, 4) is 11.5 Å². The van der Waals surface area contributed by atoms with Gasteiger partial charge in [-0.25, -0.2) is 4.79 Å². The number of benzene rings is 2. The maximum absolute atomic E-state index is 12.9. The Hall–Kier alpha value is -3.29. The zero-order chi connectivity index (χ0) is 23.3. The molecule has 0 aliphatic heterocycles. The van der Waals surface area contributed by atoms with Crippen LogP contribution in [0.5, 0.6) is 11.5 Å². The number of nitrogens with zero attached hydrogens (tertiary/aromatic N) is 1. The van der Waals surface area contributed by atoms with Gasteiger partial charge in [-0.05, 0) is 29.8 Å². The molecule has 0 unspecified atom stereocenters. The first-order valence-corrected chi connectivity index (χ1v) is 10.2. The second kappa shape index (κ2) is 10.3. The van der Waals surface area contributed by atoms with Crippen LogP contribution in [0.4, 0.5) is 0 Å². The van der Waals surface area contributed by atoms with Crippen molar-refractivity contribution >= 4 is 35.5 Å². The van der Waals surface area contributed by atoms with Gasteiger partial charge >= 0.3 is 5.97 Å². The third-order valence-electron chi connectivity index (χ3n) is 4.73. The highest BCUT2D eigenvalue weighted by atomic mass is 35.5. The van der Waals surface area contributed by atoms with E-state index >= 15 is 0 Å². The lowest BCUT2D eigenvalue weighted by molar-refractivity contribution is -0.605. The topological polar surface area (TPSA) is 88.8 Å². The number of hydrogen-bond acceptors (Lipinski definition) is 6. The Balaban J connectivity index is 2.01. The molecule has 0 aliphatic carbocycles. The number of carbonyl (C=O) groups excluding carboxylic acids is 2. The molecule has 2 aromatic carbocycles. The summed E-state index contributed by atoms with van der Waals surface area (Å²) >= 11 is 12.5. The first kappa shape index (κ1) is 23.4. The molecule has 3 rings (SSSR count). The summed E-state index contributed by atoms with van der Waals surface area (Å²) in [7, 11) is 3.00. The third kappa shape index (κ3) is 5.30. The molecule has 1 heterocycles. The van der Waals surface area contributed by atoms with Gasteiger partial charge in [0.2, 0.25) is 0 Å². The van der Waals surface area contributed by atoms with Crippen molar-refractivity contribution in [2.75, 3.05) is 14.2 Å². The number of methoxy groups -OCH3 is 2. The van der Waals surface area contributed by atoms with Crippen LogP contribution < -0.4 is 14.2 Å². The first-order valence-electron chi connectivity index (χ1n) is 9.41. The number of carbonyl (C=O) groups is 2. The molecule has 0 saturated heterocycles. The van der Waals surface area contributed by atoms with Crippen LogP contribution in [-0.4, -0.2) is 26.5 Å². The summed E-state index contributed by atoms with van der Waals surface area (Å²) < 4.78 is 16.9.